The lowest BCUT2D eigenvalue weighted by molar-refractivity contribution is -0.127. The molecule has 4 nitrogen and oxygen atoms in total. The van der Waals surface area contributed by atoms with E-state index in [1.54, 1.807) is 12.1 Å². The average Bonchev–Trinajstić information content (AvgIpc) is 3.01. The minimum absolute atomic E-state index is 0.199. The fourth-order valence-electron chi connectivity index (χ4n) is 3.29. The van der Waals surface area contributed by atoms with E-state index < -0.39 is 0 Å². The number of amides is 1. The van der Waals surface area contributed by atoms with Gasteiger partial charge < -0.3 is 15.7 Å². The predicted molar refractivity (Wildman–Crippen MR) is 79.6 cm³/mol. The molecule has 1 aliphatic carbocycles. The van der Waals surface area contributed by atoms with Gasteiger partial charge in [-0.05, 0) is 48.9 Å². The second-order valence-electron chi connectivity index (χ2n) is 5.75. The van der Waals surface area contributed by atoms with E-state index in [4.69, 9.17) is 5.73 Å². The molecule has 0 spiro atoms. The van der Waals surface area contributed by atoms with Crippen LogP contribution < -0.4 is 5.73 Å². The maximum Gasteiger partial charge on any atom is 0.232 e. The Balaban J connectivity index is 1.52. The fourth-order valence-corrected chi connectivity index (χ4v) is 4.09. The number of hydrogen-bond donors (Lipinski definition) is 2. The van der Waals surface area contributed by atoms with Crippen LogP contribution in [0.3, 0.4) is 0 Å². The summed E-state index contributed by atoms with van der Waals surface area (Å²) in [6, 6.07) is 7.24. The van der Waals surface area contributed by atoms with Gasteiger partial charge in [-0.25, -0.2) is 0 Å². The van der Waals surface area contributed by atoms with Crippen LogP contribution in [0.4, 0.5) is 0 Å². The van der Waals surface area contributed by atoms with Crippen LogP contribution >= 0.6 is 11.8 Å². The molecule has 3 rings (SSSR count). The van der Waals surface area contributed by atoms with E-state index in [0.717, 1.165) is 24.4 Å². The molecule has 3 N–H and O–H groups in total. The van der Waals surface area contributed by atoms with Gasteiger partial charge in [0.25, 0.3) is 0 Å². The lowest BCUT2D eigenvalue weighted by atomic mass is 9.98. The maximum absolute atomic E-state index is 12.2. The summed E-state index contributed by atoms with van der Waals surface area (Å²) >= 11 is 1.52. The molecular weight excluding hydrogens is 272 g/mol. The number of phenolic OH excluding ortho intramolecular Hbond substituents is 1. The van der Waals surface area contributed by atoms with Crippen molar-refractivity contribution in [1.82, 2.24) is 4.90 Å². The molecule has 1 heterocycles. The van der Waals surface area contributed by atoms with E-state index in [1.807, 2.05) is 17.0 Å². The Morgan fingerprint density at radius 1 is 1.30 bits per heavy atom. The first kappa shape index (κ1) is 13.8. The third-order valence-electron chi connectivity index (χ3n) is 4.46. The van der Waals surface area contributed by atoms with Gasteiger partial charge in [0.15, 0.2) is 0 Å². The first-order valence-electron chi connectivity index (χ1n) is 7.08. The largest absolute Gasteiger partial charge is 0.508 e. The molecule has 0 radical (unpaired) electrons. The minimum Gasteiger partial charge on any atom is -0.508 e. The van der Waals surface area contributed by atoms with Crippen molar-refractivity contribution in [2.45, 2.75) is 23.8 Å². The number of aromatic hydroxyl groups is 1. The average molecular weight is 292 g/mol. The van der Waals surface area contributed by atoms with E-state index in [-0.39, 0.29) is 17.7 Å². The number of carbonyl (C=O) groups is 1. The number of thioether (sulfide) groups is 1. The van der Waals surface area contributed by atoms with Gasteiger partial charge in [-0.2, -0.15) is 0 Å². The Morgan fingerprint density at radius 3 is 2.75 bits per heavy atom. The number of nitrogens with zero attached hydrogens (tertiary/aromatic N) is 1. The Kier molecular flexibility index (Phi) is 3.89. The topological polar surface area (TPSA) is 66.6 Å². The number of benzene rings is 1. The Bertz CT molecular complexity index is 491. The van der Waals surface area contributed by atoms with Crippen molar-refractivity contribution in [1.29, 1.82) is 0 Å². The van der Waals surface area contributed by atoms with Gasteiger partial charge >= 0.3 is 0 Å². The lowest BCUT2D eigenvalue weighted by Gasteiger charge is -2.18. The number of likely N-dealkylation sites (tertiary alicyclic amines) is 1. The molecular formula is C15H20N2O2S. The number of nitrogens with two attached hydrogens (primary N) is 1. The fraction of sp³-hybridized carbons (Fsp3) is 0.533. The van der Waals surface area contributed by atoms with Gasteiger partial charge in [0.1, 0.15) is 5.75 Å². The SMILES string of the molecule is NC1CCC2CN(C(=O)CSc3ccc(O)cc3)CC12. The van der Waals surface area contributed by atoms with Crippen LogP contribution in [0.25, 0.3) is 0 Å². The highest BCUT2D eigenvalue weighted by Crippen LogP contribution is 2.37. The van der Waals surface area contributed by atoms with Crippen molar-refractivity contribution in [2.75, 3.05) is 18.8 Å². The molecule has 108 valence electrons. The highest BCUT2D eigenvalue weighted by molar-refractivity contribution is 8.00. The first-order chi connectivity index (χ1) is 9.63. The van der Waals surface area contributed by atoms with Crippen LogP contribution in [0.5, 0.6) is 5.75 Å². The number of hydrogen-bond acceptors (Lipinski definition) is 4. The molecule has 1 aromatic carbocycles. The smallest absolute Gasteiger partial charge is 0.232 e. The summed E-state index contributed by atoms with van der Waals surface area (Å²) in [5, 5.41) is 9.23. The zero-order chi connectivity index (χ0) is 14.1. The van der Waals surface area contributed by atoms with Crippen molar-refractivity contribution < 1.29 is 9.90 Å². The third kappa shape index (κ3) is 2.79. The van der Waals surface area contributed by atoms with Gasteiger partial charge in [-0.1, -0.05) is 0 Å². The van der Waals surface area contributed by atoms with Crippen LogP contribution in [-0.4, -0.2) is 40.8 Å². The molecule has 1 saturated heterocycles. The molecule has 0 bridgehead atoms. The Morgan fingerprint density at radius 2 is 2.05 bits per heavy atom. The maximum atomic E-state index is 12.2. The summed E-state index contributed by atoms with van der Waals surface area (Å²) in [5.74, 6) is 2.04. The molecule has 2 aliphatic rings. The van der Waals surface area contributed by atoms with E-state index in [9.17, 15) is 9.90 Å². The quantitative estimate of drug-likeness (QED) is 0.832. The zero-order valence-electron chi connectivity index (χ0n) is 11.4. The van der Waals surface area contributed by atoms with Crippen LogP contribution in [0, 0.1) is 11.8 Å². The van der Waals surface area contributed by atoms with Crippen molar-refractivity contribution in [2.24, 2.45) is 17.6 Å². The van der Waals surface area contributed by atoms with Gasteiger partial charge in [-0.15, -0.1) is 11.8 Å². The second-order valence-corrected chi connectivity index (χ2v) is 6.80. The number of fused-ring (bicyclic) bond motifs is 1. The molecule has 2 fully saturated rings. The van der Waals surface area contributed by atoms with Gasteiger partial charge in [0.2, 0.25) is 5.91 Å². The van der Waals surface area contributed by atoms with Crippen molar-refractivity contribution in [3.8, 4) is 5.75 Å². The van der Waals surface area contributed by atoms with Crippen molar-refractivity contribution in [3.05, 3.63) is 24.3 Å². The molecule has 5 heteroatoms. The molecule has 3 atom stereocenters. The molecule has 1 aromatic rings. The summed E-state index contributed by atoms with van der Waals surface area (Å²) in [4.78, 5) is 15.2. The summed E-state index contributed by atoms with van der Waals surface area (Å²) in [6.07, 6.45) is 2.28. The summed E-state index contributed by atoms with van der Waals surface area (Å²) in [5.41, 5.74) is 6.09. The van der Waals surface area contributed by atoms with E-state index in [0.29, 0.717) is 17.6 Å². The molecule has 1 amide bonds. The van der Waals surface area contributed by atoms with Crippen LogP contribution in [-0.2, 0) is 4.79 Å². The highest BCUT2D eigenvalue weighted by atomic mass is 32.2. The van der Waals surface area contributed by atoms with Crippen molar-refractivity contribution >= 4 is 17.7 Å². The predicted octanol–water partition coefficient (Wildman–Crippen LogP) is 1.68. The third-order valence-corrected chi connectivity index (χ3v) is 5.46. The molecule has 0 aromatic heterocycles. The highest BCUT2D eigenvalue weighted by Gasteiger charge is 2.42. The minimum atomic E-state index is 0.199. The Hall–Kier alpha value is -1.20. The summed E-state index contributed by atoms with van der Waals surface area (Å²) in [6.45, 7) is 1.72. The number of carbonyl (C=O) groups excluding carboxylic acids is 1. The molecule has 1 aliphatic heterocycles. The molecule has 1 saturated carbocycles. The van der Waals surface area contributed by atoms with E-state index in [1.165, 1.54) is 18.2 Å². The second kappa shape index (κ2) is 5.66. The van der Waals surface area contributed by atoms with Gasteiger partial charge in [0.05, 0.1) is 5.75 Å². The van der Waals surface area contributed by atoms with Crippen LogP contribution in [0.1, 0.15) is 12.8 Å². The summed E-state index contributed by atoms with van der Waals surface area (Å²) < 4.78 is 0. The van der Waals surface area contributed by atoms with E-state index in [2.05, 4.69) is 0 Å². The van der Waals surface area contributed by atoms with E-state index >= 15 is 0 Å². The number of rotatable bonds is 3. The Labute approximate surface area is 123 Å². The number of phenols is 1. The summed E-state index contributed by atoms with van der Waals surface area (Å²) in [7, 11) is 0. The normalized spacial score (nSPS) is 28.6. The molecule has 3 unspecified atom stereocenters. The molecule has 20 heavy (non-hydrogen) atoms. The lowest BCUT2D eigenvalue weighted by Crippen LogP contribution is -2.34. The van der Waals surface area contributed by atoms with Gasteiger partial charge in [0, 0.05) is 24.0 Å². The van der Waals surface area contributed by atoms with Crippen LogP contribution in [0.15, 0.2) is 29.2 Å². The standard InChI is InChI=1S/C15H20N2O2S/c16-14-6-1-10-7-17(8-13(10)14)15(19)9-20-12-4-2-11(18)3-5-12/h2-5,10,13-14,18H,1,6-9,16H2. The van der Waals surface area contributed by atoms with Crippen molar-refractivity contribution in [3.63, 3.8) is 0 Å². The first-order valence-corrected chi connectivity index (χ1v) is 8.07. The van der Waals surface area contributed by atoms with Crippen LogP contribution in [0.2, 0.25) is 0 Å². The monoisotopic (exact) mass is 292 g/mol. The zero-order valence-corrected chi connectivity index (χ0v) is 12.2. The van der Waals surface area contributed by atoms with Gasteiger partial charge in [-0.3, -0.25) is 4.79 Å².